The lowest BCUT2D eigenvalue weighted by atomic mass is 10.1. The summed E-state index contributed by atoms with van der Waals surface area (Å²) in [4.78, 5) is 42.7. The van der Waals surface area contributed by atoms with E-state index in [2.05, 4.69) is 15.8 Å². The average molecular weight is 602 g/mol. The summed E-state index contributed by atoms with van der Waals surface area (Å²) in [6.45, 7) is 5.08. The largest absolute Gasteiger partial charge is 0.497 e. The van der Waals surface area contributed by atoms with Gasteiger partial charge in [0.05, 0.1) is 36.8 Å². The predicted molar refractivity (Wildman–Crippen MR) is 169 cm³/mol. The van der Waals surface area contributed by atoms with E-state index >= 15 is 0 Å². The minimum absolute atomic E-state index is 0.0253. The molecule has 4 N–H and O–H groups in total. The molecule has 3 aromatic rings. The molecule has 2 unspecified atom stereocenters. The molecule has 1 saturated heterocycles. The zero-order chi connectivity index (χ0) is 31.6. The Bertz CT molecular complexity index is 1480. The maximum atomic E-state index is 13.4. The van der Waals surface area contributed by atoms with Crippen molar-refractivity contribution in [3.05, 3.63) is 89.0 Å². The third-order valence-corrected chi connectivity index (χ3v) is 7.02. The van der Waals surface area contributed by atoms with E-state index in [1.54, 1.807) is 86.5 Å². The van der Waals surface area contributed by atoms with Gasteiger partial charge in [-0.2, -0.15) is 5.10 Å². The first-order valence-electron chi connectivity index (χ1n) is 14.5. The number of nitrogens with one attached hydrogen (secondary N) is 2. The number of aliphatic hydroxyl groups is 2. The van der Waals surface area contributed by atoms with Crippen molar-refractivity contribution in [1.29, 1.82) is 0 Å². The molecule has 1 fully saturated rings. The van der Waals surface area contributed by atoms with Crippen molar-refractivity contribution in [2.45, 2.75) is 45.4 Å². The second-order valence-electron chi connectivity index (χ2n) is 10.9. The molecule has 0 radical (unpaired) electrons. The van der Waals surface area contributed by atoms with Crippen molar-refractivity contribution in [2.75, 3.05) is 37.0 Å². The molecular weight excluding hydrogens is 562 g/mol. The van der Waals surface area contributed by atoms with E-state index in [4.69, 9.17) is 4.74 Å². The first kappa shape index (κ1) is 32.3. The topological polar surface area (TPSA) is 144 Å². The number of amides is 3. The molecule has 11 heteroatoms. The zero-order valence-corrected chi connectivity index (χ0v) is 25.2. The molecule has 11 nitrogen and oxygen atoms in total. The second kappa shape index (κ2) is 15.2. The first-order valence-corrected chi connectivity index (χ1v) is 14.5. The molecule has 44 heavy (non-hydrogen) atoms. The van der Waals surface area contributed by atoms with Crippen LogP contribution in [0.1, 0.15) is 58.5 Å². The molecule has 1 aliphatic rings. The normalized spacial score (nSPS) is 14.6. The first-order chi connectivity index (χ1) is 21.1. The van der Waals surface area contributed by atoms with Crippen LogP contribution >= 0.6 is 0 Å². The predicted octanol–water partition coefficient (Wildman–Crippen LogP) is 3.40. The molecule has 3 amide bonds. The zero-order valence-electron chi connectivity index (χ0n) is 25.2. The van der Waals surface area contributed by atoms with Crippen LogP contribution in [0.5, 0.6) is 5.75 Å². The van der Waals surface area contributed by atoms with Crippen molar-refractivity contribution in [3.8, 4) is 5.75 Å². The molecule has 1 aliphatic heterocycles. The number of anilines is 2. The number of aliphatic hydroxyl groups excluding tert-OH is 2. The number of carbonyl (C=O) groups excluding carboxylic acids is 3. The van der Waals surface area contributed by atoms with E-state index in [0.717, 1.165) is 17.5 Å². The molecule has 3 aromatic carbocycles. The number of rotatable bonds is 13. The monoisotopic (exact) mass is 601 g/mol. The summed E-state index contributed by atoms with van der Waals surface area (Å²) in [5, 5.41) is 26.7. The van der Waals surface area contributed by atoms with Crippen LogP contribution in [0.15, 0.2) is 71.8 Å². The van der Waals surface area contributed by atoms with Crippen LogP contribution in [0, 0.1) is 0 Å². The summed E-state index contributed by atoms with van der Waals surface area (Å²) in [7, 11) is 1.58. The van der Waals surface area contributed by atoms with Gasteiger partial charge in [-0.25, -0.2) is 5.43 Å². The number of hydrogen-bond donors (Lipinski definition) is 4. The van der Waals surface area contributed by atoms with E-state index in [1.807, 2.05) is 11.0 Å². The molecule has 0 bridgehead atoms. The van der Waals surface area contributed by atoms with Crippen LogP contribution in [0.4, 0.5) is 11.4 Å². The van der Waals surface area contributed by atoms with Crippen LogP contribution < -0.4 is 20.4 Å². The van der Waals surface area contributed by atoms with Gasteiger partial charge in [0.25, 0.3) is 11.8 Å². The summed E-state index contributed by atoms with van der Waals surface area (Å²) in [6.07, 6.45) is 1.50. The fraction of sp³-hybridized carbons (Fsp3) is 0.333. The van der Waals surface area contributed by atoms with Crippen molar-refractivity contribution in [1.82, 2.24) is 10.3 Å². The molecule has 1 heterocycles. The second-order valence-corrected chi connectivity index (χ2v) is 10.9. The number of methoxy groups -OCH3 is 1. The quantitative estimate of drug-likeness (QED) is 0.174. The van der Waals surface area contributed by atoms with Crippen LogP contribution in [0.3, 0.4) is 0 Å². The molecule has 0 aromatic heterocycles. The minimum Gasteiger partial charge on any atom is -0.497 e. The molecule has 0 saturated carbocycles. The Morgan fingerprint density at radius 2 is 1.75 bits per heavy atom. The lowest BCUT2D eigenvalue weighted by molar-refractivity contribution is -0.117. The van der Waals surface area contributed by atoms with Crippen LogP contribution in [0.2, 0.25) is 0 Å². The number of benzene rings is 3. The lowest BCUT2D eigenvalue weighted by Crippen LogP contribution is -2.35. The molecule has 232 valence electrons. The average Bonchev–Trinajstić information content (AvgIpc) is 3.42. The molecule has 4 rings (SSSR count). The molecule has 0 spiro atoms. The van der Waals surface area contributed by atoms with Gasteiger partial charge in [-0.3, -0.25) is 19.3 Å². The number of carbonyl (C=O) groups is 3. The van der Waals surface area contributed by atoms with E-state index in [-0.39, 0.29) is 17.2 Å². The third-order valence-electron chi connectivity index (χ3n) is 7.02. The van der Waals surface area contributed by atoms with Crippen LogP contribution in [0.25, 0.3) is 0 Å². The Kier molecular flexibility index (Phi) is 11.2. The fourth-order valence-corrected chi connectivity index (χ4v) is 5.05. The summed E-state index contributed by atoms with van der Waals surface area (Å²) in [5.74, 6) is -0.311. The Labute approximate surface area is 257 Å². The van der Waals surface area contributed by atoms with Crippen molar-refractivity contribution in [3.63, 3.8) is 0 Å². The van der Waals surface area contributed by atoms with Crippen molar-refractivity contribution in [2.24, 2.45) is 5.10 Å². The van der Waals surface area contributed by atoms with Gasteiger partial charge in [-0.05, 0) is 86.0 Å². The number of hydrogen-bond acceptors (Lipinski definition) is 8. The highest BCUT2D eigenvalue weighted by atomic mass is 16.5. The Balaban J connectivity index is 1.54. The van der Waals surface area contributed by atoms with Gasteiger partial charge in [0.2, 0.25) is 5.91 Å². The Hall–Kier alpha value is -4.58. The van der Waals surface area contributed by atoms with Gasteiger partial charge < -0.3 is 25.2 Å². The number of nitrogens with zero attached hydrogens (tertiary/aromatic N) is 3. The fourth-order valence-electron chi connectivity index (χ4n) is 5.05. The summed E-state index contributed by atoms with van der Waals surface area (Å²) >= 11 is 0. The Morgan fingerprint density at radius 1 is 1.02 bits per heavy atom. The molecular formula is C33H39N5O6. The van der Waals surface area contributed by atoms with E-state index in [9.17, 15) is 24.6 Å². The van der Waals surface area contributed by atoms with E-state index in [1.165, 1.54) is 6.21 Å². The summed E-state index contributed by atoms with van der Waals surface area (Å²) < 4.78 is 5.16. The van der Waals surface area contributed by atoms with Crippen LogP contribution in [-0.4, -0.2) is 78.0 Å². The number of hydrazone groups is 1. The van der Waals surface area contributed by atoms with Gasteiger partial charge in [-0.15, -0.1) is 0 Å². The number of ether oxygens (including phenoxy) is 1. The molecule has 0 aliphatic carbocycles. The third kappa shape index (κ3) is 8.96. The van der Waals surface area contributed by atoms with Crippen molar-refractivity contribution >= 4 is 35.3 Å². The maximum absolute atomic E-state index is 13.4. The van der Waals surface area contributed by atoms with E-state index < -0.39 is 24.0 Å². The summed E-state index contributed by atoms with van der Waals surface area (Å²) in [5.41, 5.74) is 5.44. The van der Waals surface area contributed by atoms with Gasteiger partial charge >= 0.3 is 0 Å². The highest BCUT2D eigenvalue weighted by molar-refractivity contribution is 6.10. The lowest BCUT2D eigenvalue weighted by Gasteiger charge is -2.25. The van der Waals surface area contributed by atoms with Gasteiger partial charge in [-0.1, -0.05) is 12.1 Å². The van der Waals surface area contributed by atoms with Gasteiger partial charge in [0.1, 0.15) is 5.75 Å². The SMILES string of the molecule is COc1ccc(C=NNC(=O)c2cc(N3CCCC3=O)ccc2NC(=O)c2cccc(CN(CC(C)O)CC(C)O)c2)cc1. The highest BCUT2D eigenvalue weighted by Crippen LogP contribution is 2.27. The smallest absolute Gasteiger partial charge is 0.273 e. The summed E-state index contributed by atoms with van der Waals surface area (Å²) in [6, 6.07) is 19.1. The van der Waals surface area contributed by atoms with Crippen molar-refractivity contribution < 1.29 is 29.3 Å². The standard InChI is InChI=1S/C33H39N5O6/c1-22(39)19-37(20-23(2)40)21-25-6-4-7-26(16-25)32(42)35-30-14-11-27(38-15-5-8-31(38)41)17-29(30)33(43)36-34-18-24-9-12-28(44-3)13-10-24/h4,6-7,9-14,16-18,22-23,39-40H,5,8,15,19-21H2,1-3H3,(H,35,42)(H,36,43). The van der Waals surface area contributed by atoms with Gasteiger partial charge in [0.15, 0.2) is 0 Å². The van der Waals surface area contributed by atoms with E-state index in [0.29, 0.717) is 49.6 Å². The molecule has 2 atom stereocenters. The van der Waals surface area contributed by atoms with Crippen LogP contribution in [-0.2, 0) is 11.3 Å². The Morgan fingerprint density at radius 3 is 2.39 bits per heavy atom. The van der Waals surface area contributed by atoms with Gasteiger partial charge in [0, 0.05) is 43.9 Å². The highest BCUT2D eigenvalue weighted by Gasteiger charge is 2.24. The maximum Gasteiger partial charge on any atom is 0.273 e. The minimum atomic E-state index is -0.579.